The third kappa shape index (κ3) is 5.06. The summed E-state index contributed by atoms with van der Waals surface area (Å²) in [7, 11) is -3.50. The molecule has 2 heterocycles. The minimum atomic E-state index is -3.50. The number of sulfonamides is 1. The van der Waals surface area contributed by atoms with Crippen LogP contribution in [0.15, 0.2) is 29.2 Å². The van der Waals surface area contributed by atoms with E-state index in [9.17, 15) is 18.0 Å². The van der Waals surface area contributed by atoms with Crippen molar-refractivity contribution in [3.8, 4) is 0 Å². The predicted octanol–water partition coefficient (Wildman–Crippen LogP) is 1.52. The minimum Gasteiger partial charge on any atom is -0.454 e. The third-order valence-corrected chi connectivity index (χ3v) is 6.54. The maximum atomic E-state index is 12.6. The summed E-state index contributed by atoms with van der Waals surface area (Å²) in [6, 6.07) is 5.99. The number of carbonyl (C=O) groups is 2. The lowest BCUT2D eigenvalue weighted by molar-refractivity contribution is -0.156. The fraction of sp³-hybridized carbons (Fsp3) is 0.556. The molecule has 1 N–H and O–H groups in total. The summed E-state index contributed by atoms with van der Waals surface area (Å²) in [5.74, 6) is -1.03. The van der Waals surface area contributed by atoms with Crippen molar-refractivity contribution in [3.63, 3.8) is 0 Å². The molecule has 0 spiro atoms. The van der Waals surface area contributed by atoms with Crippen molar-refractivity contribution in [1.82, 2.24) is 4.31 Å². The summed E-state index contributed by atoms with van der Waals surface area (Å²) in [4.78, 5) is 23.8. The molecule has 2 aliphatic heterocycles. The number of amides is 1. The second-order valence-electron chi connectivity index (χ2n) is 6.65. The van der Waals surface area contributed by atoms with Crippen molar-refractivity contribution in [2.45, 2.75) is 43.1 Å². The summed E-state index contributed by atoms with van der Waals surface area (Å²) >= 11 is 0. The second kappa shape index (κ2) is 8.81. The third-order valence-electron chi connectivity index (χ3n) is 4.63. The zero-order valence-electron chi connectivity index (χ0n) is 15.1. The van der Waals surface area contributed by atoms with Crippen LogP contribution in [0.5, 0.6) is 0 Å². The molecular formula is C18H24N2O6S. The average molecular weight is 396 g/mol. The maximum absolute atomic E-state index is 12.6. The van der Waals surface area contributed by atoms with E-state index in [1.165, 1.54) is 28.6 Å². The Morgan fingerprint density at radius 2 is 1.81 bits per heavy atom. The van der Waals surface area contributed by atoms with Crippen LogP contribution in [0.4, 0.5) is 5.69 Å². The van der Waals surface area contributed by atoms with Gasteiger partial charge < -0.3 is 14.8 Å². The molecule has 0 aromatic heterocycles. The monoisotopic (exact) mass is 396 g/mol. The van der Waals surface area contributed by atoms with E-state index in [0.29, 0.717) is 31.8 Å². The lowest BCUT2D eigenvalue weighted by Gasteiger charge is -2.25. The number of rotatable bonds is 6. The number of hydrogen-bond acceptors (Lipinski definition) is 6. The van der Waals surface area contributed by atoms with E-state index < -0.39 is 34.6 Å². The van der Waals surface area contributed by atoms with Gasteiger partial charge in [0.15, 0.2) is 12.7 Å². The molecule has 9 heteroatoms. The van der Waals surface area contributed by atoms with Crippen LogP contribution in [-0.4, -0.2) is 57.0 Å². The van der Waals surface area contributed by atoms with E-state index in [0.717, 1.165) is 25.7 Å². The number of carbonyl (C=O) groups excluding carboxylic acids is 2. The van der Waals surface area contributed by atoms with Crippen LogP contribution in [0.25, 0.3) is 0 Å². The number of esters is 1. The number of benzene rings is 1. The number of piperidine rings is 1. The van der Waals surface area contributed by atoms with Crippen LogP contribution in [0.3, 0.4) is 0 Å². The smallest absolute Gasteiger partial charge is 0.335 e. The van der Waals surface area contributed by atoms with Gasteiger partial charge >= 0.3 is 5.97 Å². The first kappa shape index (κ1) is 19.8. The Morgan fingerprint density at radius 3 is 2.44 bits per heavy atom. The highest BCUT2D eigenvalue weighted by Gasteiger charge is 2.26. The lowest BCUT2D eigenvalue weighted by atomic mass is 10.2. The van der Waals surface area contributed by atoms with Gasteiger partial charge in [-0.15, -0.1) is 0 Å². The van der Waals surface area contributed by atoms with Crippen LogP contribution in [0.2, 0.25) is 0 Å². The average Bonchev–Trinajstić information content (AvgIpc) is 3.22. The highest BCUT2D eigenvalue weighted by atomic mass is 32.2. The molecule has 0 unspecified atom stereocenters. The highest BCUT2D eigenvalue weighted by Crippen LogP contribution is 2.22. The molecular weight excluding hydrogens is 372 g/mol. The van der Waals surface area contributed by atoms with Gasteiger partial charge in [0.25, 0.3) is 5.91 Å². The van der Waals surface area contributed by atoms with E-state index in [-0.39, 0.29) is 4.90 Å². The van der Waals surface area contributed by atoms with Gasteiger partial charge in [-0.1, -0.05) is 6.42 Å². The molecule has 148 valence electrons. The van der Waals surface area contributed by atoms with Crippen LogP contribution in [-0.2, 0) is 29.1 Å². The molecule has 0 aliphatic carbocycles. The van der Waals surface area contributed by atoms with Crippen LogP contribution in [0.1, 0.15) is 32.1 Å². The van der Waals surface area contributed by atoms with Gasteiger partial charge in [-0.3, -0.25) is 4.79 Å². The molecule has 3 rings (SSSR count). The van der Waals surface area contributed by atoms with Crippen molar-refractivity contribution in [2.75, 3.05) is 31.6 Å². The van der Waals surface area contributed by atoms with Gasteiger partial charge in [0.05, 0.1) is 4.90 Å². The molecule has 2 saturated heterocycles. The van der Waals surface area contributed by atoms with E-state index >= 15 is 0 Å². The van der Waals surface area contributed by atoms with Gasteiger partial charge in [0.1, 0.15) is 0 Å². The topological polar surface area (TPSA) is 102 Å². The van der Waals surface area contributed by atoms with Crippen LogP contribution < -0.4 is 5.32 Å². The molecule has 8 nitrogen and oxygen atoms in total. The Kier molecular flexibility index (Phi) is 6.46. The zero-order chi connectivity index (χ0) is 19.3. The van der Waals surface area contributed by atoms with Gasteiger partial charge in [-0.2, -0.15) is 4.31 Å². The van der Waals surface area contributed by atoms with Crippen molar-refractivity contribution < 1.29 is 27.5 Å². The summed E-state index contributed by atoms with van der Waals surface area (Å²) in [5, 5.41) is 2.58. The molecule has 2 fully saturated rings. The van der Waals surface area contributed by atoms with E-state index in [1.807, 2.05) is 0 Å². The van der Waals surface area contributed by atoms with Crippen molar-refractivity contribution in [2.24, 2.45) is 0 Å². The Hall–Kier alpha value is -1.97. The minimum absolute atomic E-state index is 0.201. The normalized spacial score (nSPS) is 21.0. The summed E-state index contributed by atoms with van der Waals surface area (Å²) in [5.41, 5.74) is 0.436. The van der Waals surface area contributed by atoms with Gasteiger partial charge in [-0.05, 0) is 49.9 Å². The summed E-state index contributed by atoms with van der Waals surface area (Å²) < 4.78 is 36.8. The lowest BCUT2D eigenvalue weighted by Crippen LogP contribution is -2.35. The zero-order valence-corrected chi connectivity index (χ0v) is 15.9. The Labute approximate surface area is 158 Å². The molecule has 0 bridgehead atoms. The number of anilines is 1. The van der Waals surface area contributed by atoms with E-state index in [1.54, 1.807) is 0 Å². The number of nitrogens with one attached hydrogen (secondary N) is 1. The molecule has 27 heavy (non-hydrogen) atoms. The maximum Gasteiger partial charge on any atom is 0.335 e. The Balaban J connectivity index is 1.52. The van der Waals surface area contributed by atoms with Crippen molar-refractivity contribution in [1.29, 1.82) is 0 Å². The largest absolute Gasteiger partial charge is 0.454 e. The molecule has 1 atom stereocenters. The van der Waals surface area contributed by atoms with E-state index in [2.05, 4.69) is 5.32 Å². The molecule has 1 amide bonds. The Bertz CT molecular complexity index is 766. The van der Waals surface area contributed by atoms with Gasteiger partial charge in [0, 0.05) is 25.4 Å². The first-order valence-electron chi connectivity index (χ1n) is 9.15. The molecule has 1 aromatic carbocycles. The second-order valence-corrected chi connectivity index (χ2v) is 8.58. The van der Waals surface area contributed by atoms with Gasteiger partial charge in [-0.25, -0.2) is 13.2 Å². The molecule has 0 saturated carbocycles. The predicted molar refractivity (Wildman–Crippen MR) is 97.6 cm³/mol. The van der Waals surface area contributed by atoms with Crippen molar-refractivity contribution in [3.05, 3.63) is 24.3 Å². The number of hydrogen-bond donors (Lipinski definition) is 1. The first-order valence-corrected chi connectivity index (χ1v) is 10.6. The fourth-order valence-electron chi connectivity index (χ4n) is 3.15. The molecule has 1 aromatic rings. The highest BCUT2D eigenvalue weighted by molar-refractivity contribution is 7.89. The standard InChI is InChI=1S/C18H24N2O6S/c21-17(13-26-18(22)16-5-4-12-25-16)19-14-6-8-15(9-7-14)27(23,24)20-10-2-1-3-11-20/h6-9,16H,1-5,10-13H2,(H,19,21)/t16-/m1/s1. The molecule has 0 radical (unpaired) electrons. The fourth-order valence-corrected chi connectivity index (χ4v) is 4.67. The van der Waals surface area contributed by atoms with Crippen LogP contribution >= 0.6 is 0 Å². The van der Waals surface area contributed by atoms with Gasteiger partial charge in [0.2, 0.25) is 10.0 Å². The summed E-state index contributed by atoms with van der Waals surface area (Å²) in [6.07, 6.45) is 3.62. The van der Waals surface area contributed by atoms with E-state index in [4.69, 9.17) is 9.47 Å². The Morgan fingerprint density at radius 1 is 1.11 bits per heavy atom. The number of nitrogens with zero attached hydrogens (tertiary/aromatic N) is 1. The number of ether oxygens (including phenoxy) is 2. The first-order chi connectivity index (χ1) is 13.0. The quantitative estimate of drug-likeness (QED) is 0.732. The SMILES string of the molecule is O=C(COC(=O)[C@H]1CCCO1)Nc1ccc(S(=O)(=O)N2CCCCC2)cc1. The van der Waals surface area contributed by atoms with Crippen molar-refractivity contribution >= 4 is 27.6 Å². The van der Waals surface area contributed by atoms with Crippen LogP contribution in [0, 0.1) is 0 Å². The summed E-state index contributed by atoms with van der Waals surface area (Å²) in [6.45, 7) is 1.19. The molecule has 2 aliphatic rings.